The molecule has 10 heteroatoms. The summed E-state index contributed by atoms with van der Waals surface area (Å²) in [6, 6.07) is 21.6. The molecule has 0 fully saturated rings. The van der Waals surface area contributed by atoms with Crippen LogP contribution in [0.3, 0.4) is 0 Å². The molecule has 5 aromatic rings. The summed E-state index contributed by atoms with van der Waals surface area (Å²) in [5.41, 5.74) is 7.67. The molecule has 0 aliphatic carbocycles. The number of rotatable bonds is 12. The van der Waals surface area contributed by atoms with Crippen LogP contribution in [0.2, 0.25) is 5.02 Å². The minimum atomic E-state index is -0.513. The third-order valence-electron chi connectivity index (χ3n) is 8.17. The van der Waals surface area contributed by atoms with E-state index in [2.05, 4.69) is 49.4 Å². The first kappa shape index (κ1) is 30.7. The SMILES string of the molecule is CNC(=O)[C@@H](CC(=O)c1cccc2c1OCCC2NCc1cncn1Cc1ccc(-c2cncs2)cc1)Cc1ccc(Cl)cc1. The van der Waals surface area contributed by atoms with Crippen molar-refractivity contribution in [1.29, 1.82) is 0 Å². The maximum absolute atomic E-state index is 13.6. The number of amides is 1. The number of Topliss-reactive ketones (excluding diaryl/α,β-unsaturated/α-hetero) is 1. The normalized spacial score (nSPS) is 14.8. The molecule has 0 saturated heterocycles. The van der Waals surface area contributed by atoms with Gasteiger partial charge in [-0.25, -0.2) is 4.98 Å². The number of nitrogens with zero attached hydrogens (tertiary/aromatic N) is 3. The molecule has 6 rings (SSSR count). The number of ether oxygens (including phenoxy) is 1. The summed E-state index contributed by atoms with van der Waals surface area (Å²) in [4.78, 5) is 36.1. The van der Waals surface area contributed by atoms with Gasteiger partial charge in [-0.15, -0.1) is 11.3 Å². The summed E-state index contributed by atoms with van der Waals surface area (Å²) in [5.74, 6) is -0.199. The van der Waals surface area contributed by atoms with Crippen molar-refractivity contribution >= 4 is 34.6 Å². The summed E-state index contributed by atoms with van der Waals surface area (Å²) in [6.45, 7) is 1.82. The van der Waals surface area contributed by atoms with Gasteiger partial charge in [0.05, 0.1) is 34.6 Å². The molecule has 0 spiro atoms. The molecule has 2 atom stereocenters. The zero-order valence-electron chi connectivity index (χ0n) is 24.9. The van der Waals surface area contributed by atoms with Gasteiger partial charge in [0, 0.05) is 67.9 Å². The summed E-state index contributed by atoms with van der Waals surface area (Å²) in [7, 11) is 1.59. The summed E-state index contributed by atoms with van der Waals surface area (Å²) >= 11 is 7.67. The van der Waals surface area contributed by atoms with E-state index in [1.807, 2.05) is 48.5 Å². The number of fused-ring (bicyclic) bond motifs is 1. The molecular formula is C35H34ClN5O3S. The number of halogens is 1. The Labute approximate surface area is 271 Å². The van der Waals surface area contributed by atoms with Crippen LogP contribution in [0.15, 0.2) is 91.0 Å². The van der Waals surface area contributed by atoms with Gasteiger partial charge in [-0.3, -0.25) is 14.6 Å². The molecule has 1 unspecified atom stereocenters. The number of aromatic nitrogens is 3. The first-order valence-electron chi connectivity index (χ1n) is 14.9. The Hall–Kier alpha value is -4.31. The fraction of sp³-hybridized carbons (Fsp3) is 0.257. The largest absolute Gasteiger partial charge is 0.492 e. The van der Waals surface area contributed by atoms with Crippen LogP contribution in [0, 0.1) is 5.92 Å². The number of hydrogen-bond donors (Lipinski definition) is 2. The first-order valence-corrected chi connectivity index (χ1v) is 16.2. The van der Waals surface area contributed by atoms with Crippen molar-refractivity contribution in [2.45, 2.75) is 38.4 Å². The maximum Gasteiger partial charge on any atom is 0.223 e. The quantitative estimate of drug-likeness (QED) is 0.151. The molecule has 45 heavy (non-hydrogen) atoms. The van der Waals surface area contributed by atoms with E-state index < -0.39 is 5.92 Å². The standard InChI is InChI=1S/C35H34ClN5O3S/c1-37-35(43)26(15-23-7-11-27(36)12-8-23)16-32(42)30-4-2-3-29-31(13-14-44-34(29)30)40-18-28-17-38-21-41(28)20-24-5-9-25(10-6-24)33-19-39-22-45-33/h2-12,17,19,21-22,26,31,40H,13-16,18,20H2,1H3,(H,37,43)/t26-,31?/m1/s1. The van der Waals surface area contributed by atoms with Gasteiger partial charge in [-0.2, -0.15) is 0 Å². The average Bonchev–Trinajstić information content (AvgIpc) is 3.77. The third-order valence-corrected chi connectivity index (χ3v) is 9.24. The number of carbonyl (C=O) groups is 2. The van der Waals surface area contributed by atoms with E-state index in [0.717, 1.165) is 33.7 Å². The number of benzene rings is 3. The molecule has 0 radical (unpaired) electrons. The zero-order chi connectivity index (χ0) is 31.2. The topological polar surface area (TPSA) is 98.1 Å². The Morgan fingerprint density at radius 3 is 2.60 bits per heavy atom. The van der Waals surface area contributed by atoms with E-state index in [1.54, 1.807) is 36.6 Å². The zero-order valence-corrected chi connectivity index (χ0v) is 26.5. The molecule has 8 nitrogen and oxygen atoms in total. The molecule has 1 amide bonds. The van der Waals surface area contributed by atoms with E-state index in [-0.39, 0.29) is 24.2 Å². The molecule has 2 aromatic heterocycles. The van der Waals surface area contributed by atoms with E-state index in [1.165, 1.54) is 5.56 Å². The smallest absolute Gasteiger partial charge is 0.223 e. The maximum atomic E-state index is 13.6. The van der Waals surface area contributed by atoms with Crippen molar-refractivity contribution in [3.8, 4) is 16.2 Å². The van der Waals surface area contributed by atoms with Crippen LogP contribution in [0.4, 0.5) is 0 Å². The van der Waals surface area contributed by atoms with Crippen LogP contribution in [-0.2, 0) is 24.3 Å². The van der Waals surface area contributed by atoms with E-state index in [9.17, 15) is 9.59 Å². The lowest BCUT2D eigenvalue weighted by Gasteiger charge is -2.28. The molecule has 230 valence electrons. The van der Waals surface area contributed by atoms with Crippen LogP contribution in [0.5, 0.6) is 5.75 Å². The minimum absolute atomic E-state index is 0.00680. The highest BCUT2D eigenvalue weighted by Gasteiger charge is 2.29. The van der Waals surface area contributed by atoms with Gasteiger partial charge in [-0.1, -0.05) is 60.1 Å². The highest BCUT2D eigenvalue weighted by atomic mass is 35.5. The van der Waals surface area contributed by atoms with Crippen LogP contribution in [-0.4, -0.2) is 39.9 Å². The molecule has 2 N–H and O–H groups in total. The Kier molecular flexibility index (Phi) is 9.69. The second-order valence-electron chi connectivity index (χ2n) is 11.1. The van der Waals surface area contributed by atoms with Gasteiger partial charge in [0.2, 0.25) is 5.91 Å². The van der Waals surface area contributed by atoms with Crippen molar-refractivity contribution in [2.24, 2.45) is 5.92 Å². The van der Waals surface area contributed by atoms with Crippen molar-refractivity contribution < 1.29 is 14.3 Å². The van der Waals surface area contributed by atoms with Gasteiger partial charge in [-0.05, 0) is 41.3 Å². The minimum Gasteiger partial charge on any atom is -0.492 e. The molecule has 0 saturated carbocycles. The third kappa shape index (κ3) is 7.33. The lowest BCUT2D eigenvalue weighted by molar-refractivity contribution is -0.124. The van der Waals surface area contributed by atoms with Crippen LogP contribution < -0.4 is 15.4 Å². The lowest BCUT2D eigenvalue weighted by Crippen LogP contribution is -2.31. The van der Waals surface area contributed by atoms with Crippen molar-refractivity contribution in [3.63, 3.8) is 0 Å². The second-order valence-corrected chi connectivity index (χ2v) is 12.5. The van der Waals surface area contributed by atoms with Crippen LogP contribution in [0.1, 0.15) is 51.6 Å². The van der Waals surface area contributed by atoms with Crippen molar-refractivity contribution in [1.82, 2.24) is 25.2 Å². The van der Waals surface area contributed by atoms with E-state index in [4.69, 9.17) is 16.3 Å². The van der Waals surface area contributed by atoms with E-state index >= 15 is 0 Å². The summed E-state index contributed by atoms with van der Waals surface area (Å²) in [5, 5.41) is 7.02. The van der Waals surface area contributed by atoms with Gasteiger partial charge < -0.3 is 19.9 Å². The average molecular weight is 640 g/mol. The van der Waals surface area contributed by atoms with Crippen LogP contribution in [0.25, 0.3) is 10.4 Å². The van der Waals surface area contributed by atoms with Crippen molar-refractivity contribution in [2.75, 3.05) is 13.7 Å². The van der Waals surface area contributed by atoms with Crippen LogP contribution >= 0.6 is 22.9 Å². The molecule has 3 aromatic carbocycles. The second kappa shape index (κ2) is 14.2. The Balaban J connectivity index is 1.12. The predicted molar refractivity (Wildman–Crippen MR) is 177 cm³/mol. The van der Waals surface area contributed by atoms with Gasteiger partial charge >= 0.3 is 0 Å². The monoisotopic (exact) mass is 639 g/mol. The van der Waals surface area contributed by atoms with E-state index in [0.29, 0.717) is 42.5 Å². The first-order chi connectivity index (χ1) is 22.0. The fourth-order valence-electron chi connectivity index (χ4n) is 5.75. The summed E-state index contributed by atoms with van der Waals surface area (Å²) < 4.78 is 8.23. The number of carbonyl (C=O) groups excluding carboxylic acids is 2. The molecule has 1 aliphatic rings. The number of thiazole rings is 1. The lowest BCUT2D eigenvalue weighted by atomic mass is 9.89. The molecule has 3 heterocycles. The number of imidazole rings is 1. The Morgan fingerprint density at radius 1 is 1.04 bits per heavy atom. The Morgan fingerprint density at radius 2 is 1.84 bits per heavy atom. The fourth-order valence-corrected chi connectivity index (χ4v) is 6.51. The number of para-hydroxylation sites is 1. The molecule has 0 bridgehead atoms. The summed E-state index contributed by atoms with van der Waals surface area (Å²) in [6.07, 6.45) is 6.91. The molecular weight excluding hydrogens is 606 g/mol. The van der Waals surface area contributed by atoms with Crippen molar-refractivity contribution in [3.05, 3.63) is 124 Å². The predicted octanol–water partition coefficient (Wildman–Crippen LogP) is 6.50. The molecule has 1 aliphatic heterocycles. The highest BCUT2D eigenvalue weighted by molar-refractivity contribution is 7.13. The van der Waals surface area contributed by atoms with Gasteiger partial charge in [0.15, 0.2) is 5.78 Å². The van der Waals surface area contributed by atoms with Gasteiger partial charge in [0.1, 0.15) is 5.75 Å². The van der Waals surface area contributed by atoms with Gasteiger partial charge in [0.25, 0.3) is 0 Å². The number of ketones is 1. The Bertz CT molecular complexity index is 1750. The highest BCUT2D eigenvalue weighted by Crippen LogP contribution is 2.36. The number of nitrogens with one attached hydrogen (secondary N) is 2. The number of hydrogen-bond acceptors (Lipinski definition) is 7.